The number of fused-ring (bicyclic) bond motifs is 1. The SMILES string of the molecule is CCCOC(=O)Cn1c(=O)oc2cc(S(=O)(=O)N3CCN(c4cccc(C)c4C)CC3)ccc21. The molecule has 0 amide bonds. The van der Waals surface area contributed by atoms with E-state index in [2.05, 4.69) is 30.9 Å². The number of aromatic nitrogens is 1. The van der Waals surface area contributed by atoms with E-state index in [4.69, 9.17) is 9.15 Å². The van der Waals surface area contributed by atoms with Gasteiger partial charge >= 0.3 is 11.7 Å². The summed E-state index contributed by atoms with van der Waals surface area (Å²) in [6, 6.07) is 10.4. The highest BCUT2D eigenvalue weighted by molar-refractivity contribution is 7.89. The molecule has 2 heterocycles. The zero-order valence-corrected chi connectivity index (χ0v) is 20.4. The molecular formula is C24H29N3O6S. The van der Waals surface area contributed by atoms with Crippen molar-refractivity contribution in [2.45, 2.75) is 38.6 Å². The van der Waals surface area contributed by atoms with Crippen molar-refractivity contribution in [3.63, 3.8) is 0 Å². The van der Waals surface area contributed by atoms with E-state index in [1.165, 1.54) is 33.6 Å². The maximum absolute atomic E-state index is 13.3. The zero-order valence-electron chi connectivity index (χ0n) is 19.6. The molecule has 1 aromatic heterocycles. The summed E-state index contributed by atoms with van der Waals surface area (Å²) in [7, 11) is -3.77. The number of nitrogens with zero attached hydrogens (tertiary/aromatic N) is 3. The number of hydrogen-bond donors (Lipinski definition) is 0. The van der Waals surface area contributed by atoms with E-state index in [0.29, 0.717) is 38.1 Å². The minimum Gasteiger partial charge on any atom is -0.464 e. The third kappa shape index (κ3) is 4.60. The molecule has 34 heavy (non-hydrogen) atoms. The van der Waals surface area contributed by atoms with E-state index < -0.39 is 21.7 Å². The maximum atomic E-state index is 13.3. The average Bonchev–Trinajstić information content (AvgIpc) is 3.13. The predicted molar refractivity (Wildman–Crippen MR) is 129 cm³/mol. The molecule has 3 aromatic rings. The molecule has 0 spiro atoms. The Hall–Kier alpha value is -3.11. The number of aryl methyl sites for hydroxylation is 1. The molecule has 0 saturated carbocycles. The number of hydrogen-bond acceptors (Lipinski definition) is 7. The van der Waals surface area contributed by atoms with Gasteiger partial charge in [-0.2, -0.15) is 4.31 Å². The lowest BCUT2D eigenvalue weighted by Crippen LogP contribution is -2.48. The van der Waals surface area contributed by atoms with Gasteiger partial charge in [-0.1, -0.05) is 19.1 Å². The van der Waals surface area contributed by atoms with Gasteiger partial charge in [-0.25, -0.2) is 13.2 Å². The summed E-state index contributed by atoms with van der Waals surface area (Å²) in [5.41, 5.74) is 3.98. The number of oxazole rings is 1. The lowest BCUT2D eigenvalue weighted by atomic mass is 10.1. The Kier molecular flexibility index (Phi) is 6.81. The summed E-state index contributed by atoms with van der Waals surface area (Å²) in [4.78, 5) is 26.4. The fourth-order valence-corrected chi connectivity index (χ4v) is 5.58. The second-order valence-electron chi connectivity index (χ2n) is 8.41. The van der Waals surface area contributed by atoms with E-state index >= 15 is 0 Å². The van der Waals surface area contributed by atoms with Crippen molar-refractivity contribution < 1.29 is 22.4 Å². The van der Waals surface area contributed by atoms with Crippen molar-refractivity contribution in [2.75, 3.05) is 37.7 Å². The second-order valence-corrected chi connectivity index (χ2v) is 10.4. The van der Waals surface area contributed by atoms with Gasteiger partial charge in [0.25, 0.3) is 0 Å². The number of rotatable bonds is 7. The zero-order chi connectivity index (χ0) is 24.5. The highest BCUT2D eigenvalue weighted by Gasteiger charge is 2.30. The molecule has 0 bridgehead atoms. The van der Waals surface area contributed by atoms with Crippen LogP contribution in [-0.4, -0.2) is 56.0 Å². The highest BCUT2D eigenvalue weighted by Crippen LogP contribution is 2.27. The first-order valence-corrected chi connectivity index (χ1v) is 12.8. The molecule has 9 nitrogen and oxygen atoms in total. The molecule has 0 N–H and O–H groups in total. The number of piperazine rings is 1. The van der Waals surface area contributed by atoms with Crippen LogP contribution in [0.5, 0.6) is 0 Å². The van der Waals surface area contributed by atoms with E-state index in [9.17, 15) is 18.0 Å². The quantitative estimate of drug-likeness (QED) is 0.472. The van der Waals surface area contributed by atoms with Crippen molar-refractivity contribution in [3.05, 3.63) is 58.1 Å². The van der Waals surface area contributed by atoms with Crippen LogP contribution < -0.4 is 10.7 Å². The van der Waals surface area contributed by atoms with Crippen molar-refractivity contribution in [2.24, 2.45) is 0 Å². The van der Waals surface area contributed by atoms with Crippen LogP contribution >= 0.6 is 0 Å². The fourth-order valence-electron chi connectivity index (χ4n) is 4.14. The van der Waals surface area contributed by atoms with Crippen molar-refractivity contribution in [1.82, 2.24) is 8.87 Å². The Balaban J connectivity index is 1.52. The van der Waals surface area contributed by atoms with Gasteiger partial charge < -0.3 is 14.1 Å². The van der Waals surface area contributed by atoms with Crippen LogP contribution in [0.3, 0.4) is 0 Å². The monoisotopic (exact) mass is 487 g/mol. The molecule has 1 aliphatic heterocycles. The number of ether oxygens (including phenoxy) is 1. The van der Waals surface area contributed by atoms with Gasteiger partial charge in [0, 0.05) is 37.9 Å². The standard InChI is InChI=1S/C24H29N3O6S/c1-4-14-32-23(28)16-27-21-9-8-19(15-22(21)33-24(27)29)34(30,31)26-12-10-25(11-13-26)20-7-5-6-17(2)18(20)3/h5-9,15H,4,10-14,16H2,1-3H3. The number of carbonyl (C=O) groups is 1. The summed E-state index contributed by atoms with van der Waals surface area (Å²) in [6.45, 7) is 7.85. The summed E-state index contributed by atoms with van der Waals surface area (Å²) >= 11 is 0. The molecular weight excluding hydrogens is 458 g/mol. The number of carbonyl (C=O) groups excluding carboxylic acids is 1. The van der Waals surface area contributed by atoms with Crippen LogP contribution in [0, 0.1) is 13.8 Å². The van der Waals surface area contributed by atoms with Crippen LogP contribution in [0.2, 0.25) is 0 Å². The Bertz CT molecular complexity index is 1370. The fraction of sp³-hybridized carbons (Fsp3) is 0.417. The Morgan fingerprint density at radius 3 is 2.53 bits per heavy atom. The summed E-state index contributed by atoms with van der Waals surface area (Å²) < 4.78 is 39.4. The van der Waals surface area contributed by atoms with Crippen LogP contribution in [0.15, 0.2) is 50.5 Å². The van der Waals surface area contributed by atoms with Gasteiger partial charge in [0.05, 0.1) is 17.0 Å². The molecule has 4 rings (SSSR count). The molecule has 1 saturated heterocycles. The molecule has 0 unspecified atom stereocenters. The predicted octanol–water partition coefficient (Wildman–Crippen LogP) is 2.68. The molecule has 0 aliphatic carbocycles. The molecule has 10 heteroatoms. The lowest BCUT2D eigenvalue weighted by molar-refractivity contribution is -0.144. The second kappa shape index (κ2) is 9.63. The molecule has 0 atom stereocenters. The normalized spacial score (nSPS) is 15.1. The van der Waals surface area contributed by atoms with Crippen LogP contribution in [0.4, 0.5) is 5.69 Å². The smallest absolute Gasteiger partial charge is 0.420 e. The number of esters is 1. The van der Waals surface area contributed by atoms with Gasteiger partial charge in [0.1, 0.15) is 6.54 Å². The highest BCUT2D eigenvalue weighted by atomic mass is 32.2. The number of benzene rings is 2. The van der Waals surface area contributed by atoms with E-state index in [0.717, 1.165) is 10.3 Å². The van der Waals surface area contributed by atoms with Gasteiger partial charge in [0.2, 0.25) is 10.0 Å². The first kappa shape index (κ1) is 24.0. The number of sulfonamides is 1. The third-order valence-electron chi connectivity index (χ3n) is 6.19. The largest absolute Gasteiger partial charge is 0.464 e. The average molecular weight is 488 g/mol. The Labute approximate surface area is 198 Å². The van der Waals surface area contributed by atoms with Crippen molar-refractivity contribution in [1.29, 1.82) is 0 Å². The van der Waals surface area contributed by atoms with Gasteiger partial charge in [0.15, 0.2) is 5.58 Å². The molecule has 0 radical (unpaired) electrons. The van der Waals surface area contributed by atoms with Crippen molar-refractivity contribution >= 4 is 32.8 Å². The van der Waals surface area contributed by atoms with Crippen LogP contribution in [0.1, 0.15) is 24.5 Å². The summed E-state index contributed by atoms with van der Waals surface area (Å²) in [6.07, 6.45) is 0.673. The minimum atomic E-state index is -3.77. The first-order valence-electron chi connectivity index (χ1n) is 11.3. The Morgan fingerprint density at radius 2 is 1.82 bits per heavy atom. The van der Waals surface area contributed by atoms with Gasteiger partial charge in [-0.15, -0.1) is 0 Å². The lowest BCUT2D eigenvalue weighted by Gasteiger charge is -2.36. The number of anilines is 1. The third-order valence-corrected chi connectivity index (χ3v) is 8.08. The Morgan fingerprint density at radius 1 is 1.09 bits per heavy atom. The summed E-state index contributed by atoms with van der Waals surface area (Å²) in [5.74, 6) is -1.29. The van der Waals surface area contributed by atoms with E-state index in [1.807, 2.05) is 13.0 Å². The maximum Gasteiger partial charge on any atom is 0.420 e. The van der Waals surface area contributed by atoms with E-state index in [-0.39, 0.29) is 23.6 Å². The first-order chi connectivity index (χ1) is 16.2. The molecule has 182 valence electrons. The van der Waals surface area contributed by atoms with Crippen LogP contribution in [-0.2, 0) is 26.1 Å². The molecule has 1 aliphatic rings. The minimum absolute atomic E-state index is 0.0506. The van der Waals surface area contributed by atoms with Gasteiger partial charge in [-0.3, -0.25) is 9.36 Å². The molecule has 2 aromatic carbocycles. The van der Waals surface area contributed by atoms with Crippen LogP contribution in [0.25, 0.3) is 11.1 Å². The van der Waals surface area contributed by atoms with Gasteiger partial charge in [-0.05, 0) is 49.6 Å². The molecule has 1 fully saturated rings. The topological polar surface area (TPSA) is 102 Å². The van der Waals surface area contributed by atoms with Crippen molar-refractivity contribution in [3.8, 4) is 0 Å². The van der Waals surface area contributed by atoms with E-state index in [1.54, 1.807) is 0 Å². The summed E-state index contributed by atoms with van der Waals surface area (Å²) in [5, 5.41) is 0.